The zero-order valence-electron chi connectivity index (χ0n) is 12.1. The van der Waals surface area contributed by atoms with Crippen LogP contribution in [0.3, 0.4) is 0 Å². The zero-order valence-corrected chi connectivity index (χ0v) is 14.5. The third kappa shape index (κ3) is 8.04. The first-order valence-electron chi connectivity index (χ1n) is 6.46. The van der Waals surface area contributed by atoms with Crippen LogP contribution >= 0.6 is 28.3 Å². The Bertz CT molecular complexity index is 495. The van der Waals surface area contributed by atoms with E-state index in [-0.39, 0.29) is 43.1 Å². The number of nitrogens with one attached hydrogen (secondary N) is 2. The number of hydrogen-bond acceptors (Lipinski definition) is 3. The summed E-state index contributed by atoms with van der Waals surface area (Å²) in [5, 5.41) is 5.48. The van der Waals surface area contributed by atoms with E-state index in [0.717, 1.165) is 15.7 Å². The predicted molar refractivity (Wildman–Crippen MR) is 90.6 cm³/mol. The first kappa shape index (κ1) is 19.9. The summed E-state index contributed by atoms with van der Waals surface area (Å²) < 4.78 is 0.969. The lowest BCUT2D eigenvalue weighted by Crippen LogP contribution is -2.32. The molecule has 1 atom stereocenters. The lowest BCUT2D eigenvalue weighted by molar-refractivity contribution is -0.121. The van der Waals surface area contributed by atoms with Crippen molar-refractivity contribution < 1.29 is 9.59 Å². The minimum Gasteiger partial charge on any atom is -0.356 e. The van der Waals surface area contributed by atoms with Gasteiger partial charge in [0.1, 0.15) is 0 Å². The summed E-state index contributed by atoms with van der Waals surface area (Å²) in [5.41, 5.74) is 7.27. The van der Waals surface area contributed by atoms with Gasteiger partial charge in [0.15, 0.2) is 0 Å². The minimum atomic E-state index is -0.172. The summed E-state index contributed by atoms with van der Waals surface area (Å²) in [4.78, 5) is 23.1. The molecule has 0 bridgehead atoms. The van der Waals surface area contributed by atoms with Gasteiger partial charge in [0.2, 0.25) is 11.8 Å². The van der Waals surface area contributed by atoms with Gasteiger partial charge in [0.25, 0.3) is 0 Å². The van der Waals surface area contributed by atoms with Crippen LogP contribution in [-0.4, -0.2) is 24.4 Å². The Kier molecular flexibility index (Phi) is 9.24. The number of benzene rings is 1. The van der Waals surface area contributed by atoms with Gasteiger partial charge in [-0.15, -0.1) is 12.4 Å². The summed E-state index contributed by atoms with van der Waals surface area (Å²) in [5.74, 6) is -0.260. The molecule has 4 N–H and O–H groups in total. The molecular formula is C14H21BrClN3O2. The molecule has 0 aliphatic rings. The second kappa shape index (κ2) is 9.76. The van der Waals surface area contributed by atoms with E-state index >= 15 is 0 Å². The van der Waals surface area contributed by atoms with Crippen molar-refractivity contribution in [2.45, 2.75) is 32.7 Å². The van der Waals surface area contributed by atoms with E-state index in [9.17, 15) is 9.59 Å². The highest BCUT2D eigenvalue weighted by atomic mass is 79.9. The molecule has 5 nitrogen and oxygen atoms in total. The highest BCUT2D eigenvalue weighted by molar-refractivity contribution is 9.10. The van der Waals surface area contributed by atoms with E-state index < -0.39 is 0 Å². The molecule has 0 aliphatic carbocycles. The van der Waals surface area contributed by atoms with Crippen LogP contribution in [-0.2, 0) is 9.59 Å². The van der Waals surface area contributed by atoms with Gasteiger partial charge in [-0.3, -0.25) is 9.59 Å². The second-order valence-electron chi connectivity index (χ2n) is 4.79. The van der Waals surface area contributed by atoms with Crippen LogP contribution in [0.2, 0.25) is 0 Å². The van der Waals surface area contributed by atoms with E-state index in [2.05, 4.69) is 26.6 Å². The topological polar surface area (TPSA) is 84.2 Å². The molecule has 1 aromatic rings. The first-order valence-corrected chi connectivity index (χ1v) is 7.26. The van der Waals surface area contributed by atoms with Crippen molar-refractivity contribution in [3.8, 4) is 0 Å². The molecule has 0 aromatic heterocycles. The van der Waals surface area contributed by atoms with E-state index in [1.165, 1.54) is 0 Å². The Morgan fingerprint density at radius 2 is 2.00 bits per heavy atom. The lowest BCUT2D eigenvalue weighted by Gasteiger charge is -2.10. The maximum atomic E-state index is 11.8. The van der Waals surface area contributed by atoms with Gasteiger partial charge in [-0.2, -0.15) is 0 Å². The monoisotopic (exact) mass is 377 g/mol. The van der Waals surface area contributed by atoms with E-state index in [1.54, 1.807) is 6.92 Å². The molecule has 0 spiro atoms. The average molecular weight is 379 g/mol. The Morgan fingerprint density at radius 3 is 2.57 bits per heavy atom. The third-order valence-electron chi connectivity index (χ3n) is 2.64. The van der Waals surface area contributed by atoms with Gasteiger partial charge in [0, 0.05) is 35.6 Å². The smallest absolute Gasteiger partial charge is 0.226 e. The molecule has 118 valence electrons. The third-order valence-corrected chi connectivity index (χ3v) is 3.14. The number of carbonyl (C=O) groups excluding carboxylic acids is 2. The van der Waals surface area contributed by atoms with Gasteiger partial charge < -0.3 is 16.4 Å². The summed E-state index contributed by atoms with van der Waals surface area (Å²) in [6.45, 7) is 4.00. The molecule has 0 radical (unpaired) electrons. The molecule has 0 saturated heterocycles. The van der Waals surface area contributed by atoms with Gasteiger partial charge in [0.05, 0.1) is 0 Å². The zero-order chi connectivity index (χ0) is 15.1. The fourth-order valence-electron chi connectivity index (χ4n) is 1.66. The normalized spacial score (nSPS) is 11.2. The van der Waals surface area contributed by atoms with Gasteiger partial charge in [-0.1, -0.05) is 15.9 Å². The highest BCUT2D eigenvalue weighted by Crippen LogP contribution is 2.19. The summed E-state index contributed by atoms with van der Waals surface area (Å²) in [6.07, 6.45) is 0.508. The van der Waals surface area contributed by atoms with Crippen LogP contribution in [0.25, 0.3) is 0 Å². The maximum absolute atomic E-state index is 11.8. The maximum Gasteiger partial charge on any atom is 0.226 e. The Hall–Kier alpha value is -1.11. The fourth-order valence-corrected chi connectivity index (χ4v) is 2.14. The Labute approximate surface area is 139 Å². The first-order chi connectivity index (χ1) is 9.38. The van der Waals surface area contributed by atoms with Crippen molar-refractivity contribution in [2.75, 3.05) is 11.9 Å². The van der Waals surface area contributed by atoms with E-state index in [0.29, 0.717) is 6.54 Å². The predicted octanol–water partition coefficient (Wildman–Crippen LogP) is 2.36. The van der Waals surface area contributed by atoms with Crippen molar-refractivity contribution in [3.05, 3.63) is 28.2 Å². The molecular weight excluding hydrogens is 358 g/mol. The number of amides is 2. The van der Waals surface area contributed by atoms with Gasteiger partial charge in [-0.25, -0.2) is 0 Å². The van der Waals surface area contributed by atoms with Crippen LogP contribution in [0.15, 0.2) is 22.7 Å². The van der Waals surface area contributed by atoms with E-state index in [4.69, 9.17) is 5.73 Å². The van der Waals surface area contributed by atoms with Crippen molar-refractivity contribution in [1.29, 1.82) is 0 Å². The molecule has 1 rings (SSSR count). The molecule has 21 heavy (non-hydrogen) atoms. The van der Waals surface area contributed by atoms with Crippen LogP contribution in [0.1, 0.15) is 25.3 Å². The number of halogens is 2. The van der Waals surface area contributed by atoms with Crippen molar-refractivity contribution in [3.63, 3.8) is 0 Å². The molecule has 0 aliphatic heterocycles. The van der Waals surface area contributed by atoms with Crippen LogP contribution in [0.4, 0.5) is 5.69 Å². The number of aryl methyl sites for hydroxylation is 1. The SMILES string of the molecule is Cc1cc(Br)ccc1NC(=O)CCNC(=O)CC(C)N.Cl. The van der Waals surface area contributed by atoms with Crippen molar-refractivity contribution >= 4 is 45.8 Å². The number of carbonyl (C=O) groups is 2. The van der Waals surface area contributed by atoms with Crippen LogP contribution < -0.4 is 16.4 Å². The van der Waals surface area contributed by atoms with Gasteiger partial charge in [-0.05, 0) is 37.6 Å². The lowest BCUT2D eigenvalue weighted by atomic mass is 10.2. The molecule has 0 fully saturated rings. The summed E-state index contributed by atoms with van der Waals surface area (Å²) in [7, 11) is 0. The largest absolute Gasteiger partial charge is 0.356 e. The van der Waals surface area contributed by atoms with Gasteiger partial charge >= 0.3 is 0 Å². The quantitative estimate of drug-likeness (QED) is 0.710. The molecule has 0 saturated carbocycles. The fraction of sp³-hybridized carbons (Fsp3) is 0.429. The summed E-state index contributed by atoms with van der Waals surface area (Å²) in [6, 6.07) is 5.47. The summed E-state index contributed by atoms with van der Waals surface area (Å²) >= 11 is 3.37. The second-order valence-corrected chi connectivity index (χ2v) is 5.70. The number of nitrogens with two attached hydrogens (primary N) is 1. The minimum absolute atomic E-state index is 0. The molecule has 1 aromatic carbocycles. The molecule has 7 heteroatoms. The van der Waals surface area contributed by atoms with Crippen LogP contribution in [0.5, 0.6) is 0 Å². The number of rotatable bonds is 6. The highest BCUT2D eigenvalue weighted by Gasteiger charge is 2.07. The average Bonchev–Trinajstić information content (AvgIpc) is 2.31. The standard InChI is InChI=1S/C14H20BrN3O2.ClH/c1-9-7-11(15)3-4-12(9)18-13(19)5-6-17-14(20)8-10(2)16;/h3-4,7,10H,5-6,8,16H2,1-2H3,(H,17,20)(H,18,19);1H. The van der Waals surface area contributed by atoms with Crippen molar-refractivity contribution in [2.24, 2.45) is 5.73 Å². The number of anilines is 1. The van der Waals surface area contributed by atoms with Crippen molar-refractivity contribution in [1.82, 2.24) is 5.32 Å². The molecule has 0 heterocycles. The van der Waals surface area contributed by atoms with Crippen LogP contribution in [0, 0.1) is 6.92 Å². The Balaban J connectivity index is 0.00000400. The van der Waals surface area contributed by atoms with E-state index in [1.807, 2.05) is 25.1 Å². The molecule has 1 unspecified atom stereocenters. The Morgan fingerprint density at radius 1 is 1.33 bits per heavy atom. The number of hydrogen-bond donors (Lipinski definition) is 3. The molecule has 2 amide bonds.